The summed E-state index contributed by atoms with van der Waals surface area (Å²) >= 11 is 0. The minimum Gasteiger partial charge on any atom is -0.364 e. The summed E-state index contributed by atoms with van der Waals surface area (Å²) in [6.45, 7) is 2.06. The minimum atomic E-state index is -0.748. The first-order valence-electron chi connectivity index (χ1n) is 3.88. The molecule has 0 aliphatic carbocycles. The Balaban J connectivity index is 3.70. The van der Waals surface area contributed by atoms with Crippen LogP contribution < -0.4 is 11.6 Å². The number of hydrogen-bond acceptors (Lipinski definition) is 4. The lowest BCUT2D eigenvalue weighted by molar-refractivity contribution is -0.137. The molecule has 0 bridgehead atoms. The smallest absolute Gasteiger partial charge is 0.364 e. The number of hydrogen-bond donors (Lipinski definition) is 2. The summed E-state index contributed by atoms with van der Waals surface area (Å²) in [5, 5.41) is 0. The molecule has 0 saturated carbocycles. The van der Waals surface area contributed by atoms with E-state index in [0.29, 0.717) is 0 Å². The second-order valence-corrected chi connectivity index (χ2v) is 2.42. The number of nitrogens with two attached hydrogens (primary N) is 2. The molecule has 0 aliphatic heterocycles. The molecule has 4 N–H and O–H groups in total. The molecule has 0 rings (SSSR count). The lowest BCUT2D eigenvalue weighted by Gasteiger charge is -2.00. The summed E-state index contributed by atoms with van der Waals surface area (Å²) in [5.74, 6) is 8.54. The third-order valence-electron chi connectivity index (χ3n) is 1.34. The van der Waals surface area contributed by atoms with Gasteiger partial charge in [-0.15, -0.1) is 0 Å². The van der Waals surface area contributed by atoms with Crippen molar-refractivity contribution < 1.29 is 9.63 Å². The van der Waals surface area contributed by atoms with Crippen molar-refractivity contribution >= 4 is 5.97 Å². The largest absolute Gasteiger partial charge is 0.402 e. The quantitative estimate of drug-likeness (QED) is 0.459. The lowest BCUT2D eigenvalue weighted by atomic mass is 10.1. The van der Waals surface area contributed by atoms with Crippen LogP contribution in [0.3, 0.4) is 0 Å². The molecule has 0 spiro atoms. The fourth-order valence-electron chi connectivity index (χ4n) is 0.677. The Morgan fingerprint density at radius 3 is 2.83 bits per heavy atom. The molecule has 1 atom stereocenters. The normalized spacial score (nSPS) is 11.2. The maximum Gasteiger partial charge on any atom is 0.402 e. The van der Waals surface area contributed by atoms with Gasteiger partial charge in [-0.2, -0.15) is 5.90 Å². The summed E-state index contributed by atoms with van der Waals surface area (Å²) in [6, 6.07) is -0.260. The van der Waals surface area contributed by atoms with Gasteiger partial charge in [0, 0.05) is 5.92 Å². The van der Waals surface area contributed by atoms with Gasteiger partial charge in [-0.05, 0) is 6.42 Å². The minimum absolute atomic E-state index is 0.260. The average molecular weight is 170 g/mol. The Morgan fingerprint density at radius 1 is 1.67 bits per heavy atom. The van der Waals surface area contributed by atoms with E-state index in [-0.39, 0.29) is 6.04 Å². The van der Waals surface area contributed by atoms with Crippen LogP contribution >= 0.6 is 0 Å². The summed E-state index contributed by atoms with van der Waals surface area (Å²) < 4.78 is 0. The Bertz CT molecular complexity index is 193. The van der Waals surface area contributed by atoms with Gasteiger partial charge in [0.1, 0.15) is 0 Å². The zero-order valence-electron chi connectivity index (χ0n) is 7.17. The van der Waals surface area contributed by atoms with Gasteiger partial charge in [-0.1, -0.05) is 25.7 Å². The van der Waals surface area contributed by atoms with Gasteiger partial charge in [-0.3, -0.25) is 0 Å². The van der Waals surface area contributed by atoms with Crippen molar-refractivity contribution in [3.8, 4) is 11.8 Å². The first-order valence-corrected chi connectivity index (χ1v) is 3.88. The van der Waals surface area contributed by atoms with Crippen LogP contribution in [0.1, 0.15) is 26.2 Å². The number of carbonyl (C=O) groups is 1. The van der Waals surface area contributed by atoms with Crippen LogP contribution in [-0.2, 0) is 9.63 Å². The van der Waals surface area contributed by atoms with Gasteiger partial charge in [0.25, 0.3) is 0 Å². The first kappa shape index (κ1) is 11.0. The van der Waals surface area contributed by atoms with E-state index in [2.05, 4.69) is 29.5 Å². The molecule has 0 heterocycles. The molecule has 0 aromatic carbocycles. The Morgan fingerprint density at radius 2 is 2.33 bits per heavy atom. The van der Waals surface area contributed by atoms with Gasteiger partial charge in [0.15, 0.2) is 0 Å². The maximum atomic E-state index is 10.4. The molecule has 12 heavy (non-hydrogen) atoms. The van der Waals surface area contributed by atoms with Crippen LogP contribution in [0.5, 0.6) is 0 Å². The molecule has 0 aromatic heterocycles. The van der Waals surface area contributed by atoms with E-state index in [1.54, 1.807) is 0 Å². The van der Waals surface area contributed by atoms with Crippen molar-refractivity contribution in [1.82, 2.24) is 0 Å². The van der Waals surface area contributed by atoms with Crippen LogP contribution in [0.15, 0.2) is 0 Å². The molecule has 4 heteroatoms. The number of rotatable bonds is 3. The molecule has 0 saturated heterocycles. The second-order valence-electron chi connectivity index (χ2n) is 2.42. The highest BCUT2D eigenvalue weighted by atomic mass is 16.7. The summed E-state index contributed by atoms with van der Waals surface area (Å²) in [4.78, 5) is 14.3. The Kier molecular flexibility index (Phi) is 6.07. The molecule has 0 fully saturated rings. The summed E-state index contributed by atoms with van der Waals surface area (Å²) in [7, 11) is 0. The number of carbonyl (C=O) groups excluding carboxylic acids is 1. The molecule has 68 valence electrons. The van der Waals surface area contributed by atoms with Crippen LogP contribution in [0.25, 0.3) is 0 Å². The van der Waals surface area contributed by atoms with Crippen molar-refractivity contribution in [3.63, 3.8) is 0 Å². The third kappa shape index (κ3) is 5.71. The zero-order valence-corrected chi connectivity index (χ0v) is 7.17. The van der Waals surface area contributed by atoms with E-state index < -0.39 is 5.97 Å². The van der Waals surface area contributed by atoms with E-state index in [4.69, 9.17) is 5.73 Å². The van der Waals surface area contributed by atoms with Crippen molar-refractivity contribution in [2.24, 2.45) is 11.6 Å². The molecule has 0 radical (unpaired) electrons. The summed E-state index contributed by atoms with van der Waals surface area (Å²) in [5.41, 5.74) is 5.54. The van der Waals surface area contributed by atoms with Gasteiger partial charge < -0.3 is 10.6 Å². The Hall–Kier alpha value is -1.05. The van der Waals surface area contributed by atoms with Crippen LogP contribution in [0, 0.1) is 11.8 Å². The van der Waals surface area contributed by atoms with E-state index in [9.17, 15) is 4.79 Å². The average Bonchev–Trinajstić information content (AvgIpc) is 2.10. The van der Waals surface area contributed by atoms with E-state index in [1.807, 2.05) is 0 Å². The van der Waals surface area contributed by atoms with E-state index in [1.165, 1.54) is 0 Å². The van der Waals surface area contributed by atoms with Gasteiger partial charge in [0.2, 0.25) is 0 Å². The fourth-order valence-corrected chi connectivity index (χ4v) is 0.677. The van der Waals surface area contributed by atoms with Gasteiger partial charge in [0.05, 0.1) is 6.04 Å². The fraction of sp³-hybridized carbons (Fsp3) is 0.625. The SMILES string of the molecule is CCCCC(N)C#CC(=O)ON. The highest BCUT2D eigenvalue weighted by Crippen LogP contribution is 1.96. The van der Waals surface area contributed by atoms with Crippen molar-refractivity contribution in [2.45, 2.75) is 32.2 Å². The van der Waals surface area contributed by atoms with Crippen molar-refractivity contribution in [1.29, 1.82) is 0 Å². The van der Waals surface area contributed by atoms with Crippen LogP contribution in [-0.4, -0.2) is 12.0 Å². The maximum absolute atomic E-state index is 10.4. The topological polar surface area (TPSA) is 78.3 Å². The molecule has 0 aliphatic rings. The Labute approximate surface area is 72.2 Å². The molecule has 0 amide bonds. The van der Waals surface area contributed by atoms with E-state index >= 15 is 0 Å². The molecule has 0 aromatic rings. The predicted octanol–water partition coefficient (Wildman–Crippen LogP) is -0.0758. The van der Waals surface area contributed by atoms with Crippen molar-refractivity contribution in [3.05, 3.63) is 0 Å². The van der Waals surface area contributed by atoms with Gasteiger partial charge in [-0.25, -0.2) is 4.79 Å². The van der Waals surface area contributed by atoms with Gasteiger partial charge >= 0.3 is 5.97 Å². The first-order chi connectivity index (χ1) is 5.70. The standard InChI is InChI=1S/C8H14N2O2/c1-2-3-4-7(9)5-6-8(11)12-10/h7H,2-4,9-10H2,1H3. The van der Waals surface area contributed by atoms with Crippen molar-refractivity contribution in [2.75, 3.05) is 0 Å². The van der Waals surface area contributed by atoms with Crippen LogP contribution in [0.4, 0.5) is 0 Å². The van der Waals surface area contributed by atoms with Crippen LogP contribution in [0.2, 0.25) is 0 Å². The highest BCUT2D eigenvalue weighted by molar-refractivity contribution is 5.88. The monoisotopic (exact) mass is 170 g/mol. The molecular weight excluding hydrogens is 156 g/mol. The second kappa shape index (κ2) is 6.65. The number of unbranched alkanes of at least 4 members (excludes halogenated alkanes) is 1. The molecular formula is C8H14N2O2. The zero-order chi connectivity index (χ0) is 9.40. The highest BCUT2D eigenvalue weighted by Gasteiger charge is 1.97. The summed E-state index contributed by atoms with van der Waals surface area (Å²) in [6.07, 6.45) is 2.87. The van der Waals surface area contributed by atoms with E-state index in [0.717, 1.165) is 19.3 Å². The molecule has 1 unspecified atom stereocenters. The third-order valence-corrected chi connectivity index (χ3v) is 1.34. The molecule has 4 nitrogen and oxygen atoms in total. The predicted molar refractivity (Wildman–Crippen MR) is 45.6 cm³/mol. The lowest BCUT2D eigenvalue weighted by Crippen LogP contribution is -2.18.